The summed E-state index contributed by atoms with van der Waals surface area (Å²) in [6, 6.07) is 0.336. The Hall–Kier alpha value is -1.10. The van der Waals surface area contributed by atoms with Crippen LogP contribution in [0.25, 0.3) is 0 Å². The van der Waals surface area contributed by atoms with Crippen molar-refractivity contribution in [2.24, 2.45) is 17.8 Å². The summed E-state index contributed by atoms with van der Waals surface area (Å²) in [5.74, 6) is 1.97. The first-order valence-electron chi connectivity index (χ1n) is 11.3. The number of likely N-dealkylation sites (tertiary alicyclic amines) is 2. The SMILES string of the molecule is CC1CCCC(NC(=O)CN2CCC(C(=O)N3CCCCCC3)CC2)C1C. The highest BCUT2D eigenvalue weighted by atomic mass is 16.2. The Morgan fingerprint density at radius 2 is 1.52 bits per heavy atom. The van der Waals surface area contributed by atoms with Crippen LogP contribution in [-0.2, 0) is 9.59 Å². The molecular weight excluding hydrogens is 338 g/mol. The van der Waals surface area contributed by atoms with E-state index < -0.39 is 0 Å². The second-order valence-corrected chi connectivity index (χ2v) is 9.23. The van der Waals surface area contributed by atoms with Gasteiger partial charge < -0.3 is 10.2 Å². The lowest BCUT2D eigenvalue weighted by Crippen LogP contribution is -2.49. The van der Waals surface area contributed by atoms with Crippen LogP contribution >= 0.6 is 0 Å². The molecule has 5 heteroatoms. The highest BCUT2D eigenvalue weighted by Gasteiger charge is 2.31. The molecule has 0 aromatic rings. The maximum Gasteiger partial charge on any atom is 0.234 e. The molecule has 5 nitrogen and oxygen atoms in total. The summed E-state index contributed by atoms with van der Waals surface area (Å²) in [6.07, 6.45) is 10.3. The van der Waals surface area contributed by atoms with Crippen molar-refractivity contribution in [3.8, 4) is 0 Å². The molecule has 0 aromatic heterocycles. The molecule has 3 atom stereocenters. The zero-order chi connectivity index (χ0) is 19.2. The predicted octanol–water partition coefficient (Wildman–Crippen LogP) is 3.04. The van der Waals surface area contributed by atoms with Crippen molar-refractivity contribution in [2.75, 3.05) is 32.7 Å². The molecule has 1 N–H and O–H groups in total. The predicted molar refractivity (Wildman–Crippen MR) is 108 cm³/mol. The van der Waals surface area contributed by atoms with Crippen LogP contribution in [-0.4, -0.2) is 60.4 Å². The minimum atomic E-state index is 0.165. The highest BCUT2D eigenvalue weighted by molar-refractivity contribution is 5.79. The number of nitrogens with one attached hydrogen (secondary N) is 1. The Balaban J connectivity index is 1.39. The third-order valence-electron chi connectivity index (χ3n) is 7.27. The second kappa shape index (κ2) is 9.90. The highest BCUT2D eigenvalue weighted by Crippen LogP contribution is 2.29. The third-order valence-corrected chi connectivity index (χ3v) is 7.27. The molecule has 1 aliphatic carbocycles. The minimum Gasteiger partial charge on any atom is -0.352 e. The van der Waals surface area contributed by atoms with E-state index >= 15 is 0 Å². The van der Waals surface area contributed by atoms with E-state index in [1.807, 2.05) is 0 Å². The first-order valence-corrected chi connectivity index (χ1v) is 11.3. The van der Waals surface area contributed by atoms with Gasteiger partial charge in [0.2, 0.25) is 11.8 Å². The van der Waals surface area contributed by atoms with Crippen molar-refractivity contribution < 1.29 is 9.59 Å². The summed E-state index contributed by atoms with van der Waals surface area (Å²) in [5, 5.41) is 3.28. The molecule has 0 bridgehead atoms. The van der Waals surface area contributed by atoms with Gasteiger partial charge in [-0.3, -0.25) is 14.5 Å². The normalized spacial score (nSPS) is 31.3. The topological polar surface area (TPSA) is 52.7 Å². The van der Waals surface area contributed by atoms with Crippen LogP contribution in [0.4, 0.5) is 0 Å². The first kappa shape index (κ1) is 20.6. The fraction of sp³-hybridized carbons (Fsp3) is 0.909. The lowest BCUT2D eigenvalue weighted by molar-refractivity contribution is -0.137. The molecule has 27 heavy (non-hydrogen) atoms. The third kappa shape index (κ3) is 5.69. The van der Waals surface area contributed by atoms with E-state index in [9.17, 15) is 9.59 Å². The number of carbonyl (C=O) groups excluding carboxylic acids is 2. The smallest absolute Gasteiger partial charge is 0.234 e. The van der Waals surface area contributed by atoms with Gasteiger partial charge in [0.05, 0.1) is 6.54 Å². The molecule has 3 rings (SSSR count). The number of hydrogen-bond acceptors (Lipinski definition) is 3. The van der Waals surface area contributed by atoms with Crippen LogP contribution < -0.4 is 5.32 Å². The van der Waals surface area contributed by atoms with Gasteiger partial charge in [-0.1, -0.05) is 39.5 Å². The Labute approximate surface area is 165 Å². The molecule has 0 spiro atoms. The number of piperidine rings is 1. The molecule has 2 amide bonds. The van der Waals surface area contributed by atoms with Crippen molar-refractivity contribution >= 4 is 11.8 Å². The minimum absolute atomic E-state index is 0.165. The molecule has 2 heterocycles. The zero-order valence-corrected chi connectivity index (χ0v) is 17.4. The Morgan fingerprint density at radius 1 is 0.852 bits per heavy atom. The van der Waals surface area contributed by atoms with Crippen molar-refractivity contribution in [3.63, 3.8) is 0 Å². The number of carbonyl (C=O) groups is 2. The summed E-state index contributed by atoms with van der Waals surface area (Å²) < 4.78 is 0. The van der Waals surface area contributed by atoms with E-state index in [-0.39, 0.29) is 11.8 Å². The van der Waals surface area contributed by atoms with Gasteiger partial charge in [0.15, 0.2) is 0 Å². The van der Waals surface area contributed by atoms with Crippen molar-refractivity contribution in [2.45, 2.75) is 77.7 Å². The maximum absolute atomic E-state index is 12.8. The van der Waals surface area contributed by atoms with Gasteiger partial charge in [-0.05, 0) is 57.0 Å². The summed E-state index contributed by atoms with van der Waals surface area (Å²) >= 11 is 0. The second-order valence-electron chi connectivity index (χ2n) is 9.23. The molecule has 154 valence electrons. The van der Waals surface area contributed by atoms with E-state index in [1.165, 1.54) is 25.7 Å². The standard InChI is InChI=1S/C22H39N3O2/c1-17-8-7-9-20(18(17)2)23-21(26)16-24-14-10-19(11-15-24)22(27)25-12-5-3-4-6-13-25/h17-20H,3-16H2,1-2H3,(H,23,26). The van der Waals surface area contributed by atoms with Crippen LogP contribution in [0.2, 0.25) is 0 Å². The molecular formula is C22H39N3O2. The molecule has 2 saturated heterocycles. The van der Waals surface area contributed by atoms with Gasteiger partial charge in [0, 0.05) is 25.0 Å². The maximum atomic E-state index is 12.8. The zero-order valence-electron chi connectivity index (χ0n) is 17.4. The van der Waals surface area contributed by atoms with Gasteiger partial charge in [0.1, 0.15) is 0 Å². The molecule has 0 radical (unpaired) electrons. The number of rotatable bonds is 4. The summed E-state index contributed by atoms with van der Waals surface area (Å²) in [4.78, 5) is 29.6. The van der Waals surface area contributed by atoms with Crippen LogP contribution in [0.5, 0.6) is 0 Å². The van der Waals surface area contributed by atoms with Crippen LogP contribution in [0.3, 0.4) is 0 Å². The van der Waals surface area contributed by atoms with E-state index in [4.69, 9.17) is 0 Å². The lowest BCUT2D eigenvalue weighted by Gasteiger charge is -2.36. The number of hydrogen-bond donors (Lipinski definition) is 1. The molecule has 3 fully saturated rings. The van der Waals surface area contributed by atoms with Crippen LogP contribution in [0.15, 0.2) is 0 Å². The summed E-state index contributed by atoms with van der Waals surface area (Å²) in [7, 11) is 0. The van der Waals surface area contributed by atoms with Crippen molar-refractivity contribution in [3.05, 3.63) is 0 Å². The van der Waals surface area contributed by atoms with Crippen LogP contribution in [0, 0.1) is 17.8 Å². The molecule has 2 aliphatic heterocycles. The summed E-state index contributed by atoms with van der Waals surface area (Å²) in [5.41, 5.74) is 0. The Kier molecular flexibility index (Phi) is 7.57. The van der Waals surface area contributed by atoms with Crippen LogP contribution in [0.1, 0.15) is 71.6 Å². The van der Waals surface area contributed by atoms with E-state index in [2.05, 4.69) is 29.0 Å². The Morgan fingerprint density at radius 3 is 2.19 bits per heavy atom. The average molecular weight is 378 g/mol. The molecule has 0 aromatic carbocycles. The van der Waals surface area contributed by atoms with E-state index in [0.717, 1.165) is 58.3 Å². The fourth-order valence-corrected chi connectivity index (χ4v) is 5.13. The van der Waals surface area contributed by atoms with Gasteiger partial charge in [0.25, 0.3) is 0 Å². The molecule has 1 saturated carbocycles. The quantitative estimate of drug-likeness (QED) is 0.819. The Bertz CT molecular complexity index is 494. The van der Waals surface area contributed by atoms with Gasteiger partial charge in [-0.15, -0.1) is 0 Å². The first-order chi connectivity index (χ1) is 13.0. The monoisotopic (exact) mass is 377 g/mol. The van der Waals surface area contributed by atoms with Gasteiger partial charge in [-0.2, -0.15) is 0 Å². The number of nitrogens with zero attached hydrogens (tertiary/aromatic N) is 2. The van der Waals surface area contributed by atoms with Gasteiger partial charge in [-0.25, -0.2) is 0 Å². The average Bonchev–Trinajstić information content (AvgIpc) is 2.95. The summed E-state index contributed by atoms with van der Waals surface area (Å²) in [6.45, 7) is 8.69. The molecule has 3 unspecified atom stereocenters. The largest absolute Gasteiger partial charge is 0.352 e. The lowest BCUT2D eigenvalue weighted by atomic mass is 9.78. The van der Waals surface area contributed by atoms with Crippen molar-refractivity contribution in [1.29, 1.82) is 0 Å². The van der Waals surface area contributed by atoms with Crippen molar-refractivity contribution in [1.82, 2.24) is 15.1 Å². The van der Waals surface area contributed by atoms with E-state index in [0.29, 0.717) is 30.3 Å². The fourth-order valence-electron chi connectivity index (χ4n) is 5.13. The molecule has 3 aliphatic rings. The van der Waals surface area contributed by atoms with E-state index in [1.54, 1.807) is 0 Å². The number of amides is 2. The van der Waals surface area contributed by atoms with Gasteiger partial charge >= 0.3 is 0 Å².